The molecule has 0 radical (unpaired) electrons. The summed E-state index contributed by atoms with van der Waals surface area (Å²) < 4.78 is 6.22. The summed E-state index contributed by atoms with van der Waals surface area (Å²) in [5.74, 6) is 0.442. The molecule has 2 unspecified atom stereocenters. The molecule has 0 saturated heterocycles. The number of hydrogen-bond acceptors (Lipinski definition) is 2. The molecule has 2 fully saturated rings. The zero-order chi connectivity index (χ0) is 13.3. The molecule has 1 spiro atoms. The molecule has 0 aromatic heterocycles. The zero-order valence-electron chi connectivity index (χ0n) is 11.6. The Morgan fingerprint density at radius 3 is 2.47 bits per heavy atom. The number of hydrogen-bond donors (Lipinski definition) is 0. The van der Waals surface area contributed by atoms with Gasteiger partial charge in [0.15, 0.2) is 0 Å². The van der Waals surface area contributed by atoms with Gasteiger partial charge in [-0.3, -0.25) is 4.79 Å². The molecule has 0 amide bonds. The molecule has 2 heteroatoms. The molecule has 2 nitrogen and oxygen atoms in total. The molecule has 1 aromatic rings. The van der Waals surface area contributed by atoms with E-state index in [4.69, 9.17) is 4.74 Å². The van der Waals surface area contributed by atoms with Crippen LogP contribution in [0.15, 0.2) is 30.3 Å². The van der Waals surface area contributed by atoms with E-state index in [2.05, 4.69) is 19.1 Å². The third-order valence-electron chi connectivity index (χ3n) is 4.93. The van der Waals surface area contributed by atoms with Crippen molar-refractivity contribution >= 4 is 5.78 Å². The van der Waals surface area contributed by atoms with Gasteiger partial charge in [-0.1, -0.05) is 49.6 Å². The summed E-state index contributed by atoms with van der Waals surface area (Å²) in [6.07, 6.45) is 6.58. The van der Waals surface area contributed by atoms with Gasteiger partial charge in [0.2, 0.25) is 0 Å². The highest BCUT2D eigenvalue weighted by Crippen LogP contribution is 2.51. The first-order valence-electron chi connectivity index (χ1n) is 7.46. The predicted octanol–water partition coefficient (Wildman–Crippen LogP) is 4.06. The SMILES string of the molecule is CC(OC1CC(=O)C12CCCCC2)c1ccccc1. The van der Waals surface area contributed by atoms with Gasteiger partial charge in [0.05, 0.1) is 17.6 Å². The van der Waals surface area contributed by atoms with Crippen LogP contribution in [-0.2, 0) is 9.53 Å². The molecule has 0 aliphatic heterocycles. The number of rotatable bonds is 3. The minimum atomic E-state index is -0.124. The van der Waals surface area contributed by atoms with Gasteiger partial charge in [-0.25, -0.2) is 0 Å². The Balaban J connectivity index is 1.68. The number of benzene rings is 1. The average Bonchev–Trinajstić information content (AvgIpc) is 2.48. The second-order valence-corrected chi connectivity index (χ2v) is 6.02. The number of carbonyl (C=O) groups is 1. The summed E-state index contributed by atoms with van der Waals surface area (Å²) in [5, 5.41) is 0. The van der Waals surface area contributed by atoms with Crippen molar-refractivity contribution in [3.63, 3.8) is 0 Å². The van der Waals surface area contributed by atoms with Crippen molar-refractivity contribution in [2.45, 2.75) is 57.7 Å². The zero-order valence-corrected chi connectivity index (χ0v) is 11.6. The van der Waals surface area contributed by atoms with E-state index in [1.165, 1.54) is 24.8 Å². The molecule has 0 heterocycles. The van der Waals surface area contributed by atoms with E-state index in [-0.39, 0.29) is 17.6 Å². The molecule has 1 aromatic carbocycles. The van der Waals surface area contributed by atoms with E-state index in [9.17, 15) is 4.79 Å². The van der Waals surface area contributed by atoms with Gasteiger partial charge < -0.3 is 4.74 Å². The Morgan fingerprint density at radius 2 is 1.84 bits per heavy atom. The van der Waals surface area contributed by atoms with Crippen molar-refractivity contribution in [2.24, 2.45) is 5.41 Å². The Labute approximate surface area is 115 Å². The smallest absolute Gasteiger partial charge is 0.144 e. The van der Waals surface area contributed by atoms with Crippen molar-refractivity contribution < 1.29 is 9.53 Å². The highest BCUT2D eigenvalue weighted by atomic mass is 16.5. The number of carbonyl (C=O) groups excluding carboxylic acids is 1. The Morgan fingerprint density at radius 1 is 1.16 bits per heavy atom. The molecule has 0 N–H and O–H groups in total. The molecular weight excluding hydrogens is 236 g/mol. The van der Waals surface area contributed by atoms with Crippen molar-refractivity contribution in [3.05, 3.63) is 35.9 Å². The van der Waals surface area contributed by atoms with Crippen LogP contribution >= 0.6 is 0 Å². The van der Waals surface area contributed by atoms with E-state index < -0.39 is 0 Å². The monoisotopic (exact) mass is 258 g/mol. The van der Waals surface area contributed by atoms with E-state index >= 15 is 0 Å². The lowest BCUT2D eigenvalue weighted by molar-refractivity contribution is -0.177. The molecule has 2 aliphatic rings. The maximum Gasteiger partial charge on any atom is 0.144 e. The molecule has 3 rings (SSSR count). The van der Waals surface area contributed by atoms with Crippen LogP contribution in [0.25, 0.3) is 0 Å². The highest BCUT2D eigenvalue weighted by molar-refractivity contribution is 5.92. The number of Topliss-reactive ketones (excluding diaryl/α,β-unsaturated/α-hetero) is 1. The van der Waals surface area contributed by atoms with Gasteiger partial charge in [-0.15, -0.1) is 0 Å². The summed E-state index contributed by atoms with van der Waals surface area (Å²) in [6.45, 7) is 2.09. The normalized spacial score (nSPS) is 27.0. The fourth-order valence-corrected chi connectivity index (χ4v) is 3.63. The van der Waals surface area contributed by atoms with Crippen LogP contribution in [0.3, 0.4) is 0 Å². The topological polar surface area (TPSA) is 26.3 Å². The Kier molecular flexibility index (Phi) is 3.44. The summed E-state index contributed by atoms with van der Waals surface area (Å²) in [4.78, 5) is 12.1. The van der Waals surface area contributed by atoms with Crippen LogP contribution in [0.1, 0.15) is 57.1 Å². The van der Waals surface area contributed by atoms with Gasteiger partial charge in [-0.2, -0.15) is 0 Å². The van der Waals surface area contributed by atoms with E-state index in [1.807, 2.05) is 18.2 Å². The molecule has 19 heavy (non-hydrogen) atoms. The lowest BCUT2D eigenvalue weighted by Gasteiger charge is -2.50. The van der Waals surface area contributed by atoms with Gasteiger partial charge in [0.25, 0.3) is 0 Å². The summed E-state index contributed by atoms with van der Waals surface area (Å²) in [6, 6.07) is 10.3. The van der Waals surface area contributed by atoms with E-state index in [0.29, 0.717) is 12.2 Å². The Hall–Kier alpha value is -1.15. The lowest BCUT2D eigenvalue weighted by atomic mass is 9.57. The summed E-state index contributed by atoms with van der Waals surface area (Å²) in [7, 11) is 0. The first-order chi connectivity index (χ1) is 9.22. The lowest BCUT2D eigenvalue weighted by Crippen LogP contribution is -2.56. The minimum absolute atomic E-state index is 0.0816. The van der Waals surface area contributed by atoms with Crippen LogP contribution in [-0.4, -0.2) is 11.9 Å². The second-order valence-electron chi connectivity index (χ2n) is 6.02. The van der Waals surface area contributed by atoms with Crippen molar-refractivity contribution in [1.29, 1.82) is 0 Å². The third kappa shape index (κ3) is 2.23. The van der Waals surface area contributed by atoms with E-state index in [1.54, 1.807) is 0 Å². The fourth-order valence-electron chi connectivity index (χ4n) is 3.63. The largest absolute Gasteiger partial charge is 0.369 e. The molecule has 2 aliphatic carbocycles. The van der Waals surface area contributed by atoms with Crippen molar-refractivity contribution in [3.8, 4) is 0 Å². The first kappa shape index (κ1) is 12.9. The standard InChI is InChI=1S/C17H22O2/c1-13(14-8-4-2-5-9-14)19-16-12-15(18)17(16)10-6-3-7-11-17/h2,4-5,8-9,13,16H,3,6-7,10-12H2,1H3. The second kappa shape index (κ2) is 5.09. The molecule has 102 valence electrons. The fraction of sp³-hybridized carbons (Fsp3) is 0.588. The summed E-state index contributed by atoms with van der Waals surface area (Å²) in [5.41, 5.74) is 1.08. The number of ether oxygens (including phenoxy) is 1. The quantitative estimate of drug-likeness (QED) is 0.817. The van der Waals surface area contributed by atoms with Crippen LogP contribution in [0, 0.1) is 5.41 Å². The van der Waals surface area contributed by atoms with Crippen molar-refractivity contribution in [2.75, 3.05) is 0 Å². The van der Waals surface area contributed by atoms with Crippen molar-refractivity contribution in [1.82, 2.24) is 0 Å². The molecule has 2 saturated carbocycles. The van der Waals surface area contributed by atoms with Crippen LogP contribution in [0.2, 0.25) is 0 Å². The maximum absolute atomic E-state index is 12.1. The van der Waals surface area contributed by atoms with Crippen LogP contribution in [0.5, 0.6) is 0 Å². The molecule has 0 bridgehead atoms. The van der Waals surface area contributed by atoms with Gasteiger partial charge in [-0.05, 0) is 25.3 Å². The third-order valence-corrected chi connectivity index (χ3v) is 4.93. The predicted molar refractivity (Wildman–Crippen MR) is 74.9 cm³/mol. The molecular formula is C17H22O2. The van der Waals surface area contributed by atoms with Gasteiger partial charge >= 0.3 is 0 Å². The average molecular weight is 258 g/mol. The highest BCUT2D eigenvalue weighted by Gasteiger charge is 2.55. The Bertz CT molecular complexity index is 446. The maximum atomic E-state index is 12.1. The molecule has 2 atom stereocenters. The van der Waals surface area contributed by atoms with Gasteiger partial charge in [0.1, 0.15) is 5.78 Å². The minimum Gasteiger partial charge on any atom is -0.369 e. The van der Waals surface area contributed by atoms with Crippen LogP contribution in [0.4, 0.5) is 0 Å². The van der Waals surface area contributed by atoms with Crippen LogP contribution < -0.4 is 0 Å². The van der Waals surface area contributed by atoms with E-state index in [0.717, 1.165) is 12.8 Å². The number of ketones is 1. The van der Waals surface area contributed by atoms with Gasteiger partial charge in [0, 0.05) is 6.42 Å². The summed E-state index contributed by atoms with van der Waals surface area (Å²) >= 11 is 0. The first-order valence-corrected chi connectivity index (χ1v) is 7.46.